The number of rotatable bonds is 8. The van der Waals surface area contributed by atoms with E-state index in [9.17, 15) is 9.00 Å². The van der Waals surface area contributed by atoms with Crippen LogP contribution in [0.3, 0.4) is 0 Å². The van der Waals surface area contributed by atoms with Gasteiger partial charge in [0.25, 0.3) is 0 Å². The highest BCUT2D eigenvalue weighted by Gasteiger charge is 2.02. The first kappa shape index (κ1) is 14.6. The van der Waals surface area contributed by atoms with E-state index >= 15 is 0 Å². The summed E-state index contributed by atoms with van der Waals surface area (Å²) in [6.07, 6.45) is 1.42. The van der Waals surface area contributed by atoms with Gasteiger partial charge in [-0.25, -0.2) is 0 Å². The van der Waals surface area contributed by atoms with E-state index in [1.807, 2.05) is 6.92 Å². The highest BCUT2D eigenvalue weighted by Crippen LogP contribution is 1.91. The lowest BCUT2D eigenvalue weighted by Gasteiger charge is -2.09. The number of nitrogens with zero attached hydrogens (tertiary/aromatic N) is 1. The van der Waals surface area contributed by atoms with Gasteiger partial charge in [0.05, 0.1) is 0 Å². The topological polar surface area (TPSA) is 49.4 Å². The molecule has 1 unspecified atom stereocenters. The quantitative estimate of drug-likeness (QED) is 0.611. The Morgan fingerprint density at radius 3 is 2.53 bits per heavy atom. The molecular weight excluding hydrogens is 212 g/mol. The van der Waals surface area contributed by atoms with Gasteiger partial charge in [-0.2, -0.15) is 0 Å². The summed E-state index contributed by atoms with van der Waals surface area (Å²) in [6.45, 7) is 3.52. The van der Waals surface area contributed by atoms with Crippen LogP contribution < -0.4 is 5.32 Å². The van der Waals surface area contributed by atoms with E-state index in [0.717, 1.165) is 25.3 Å². The smallest absolute Gasteiger partial charge is 0.222 e. The predicted octanol–water partition coefficient (Wildman–Crippen LogP) is 0.213. The lowest BCUT2D eigenvalue weighted by atomic mass is 10.3. The van der Waals surface area contributed by atoms with Crippen LogP contribution >= 0.6 is 0 Å². The lowest BCUT2D eigenvalue weighted by Crippen LogP contribution is -2.25. The maximum absolute atomic E-state index is 11.2. The van der Waals surface area contributed by atoms with Crippen molar-refractivity contribution in [2.45, 2.75) is 19.8 Å². The first-order valence-corrected chi connectivity index (χ1v) is 6.82. The Morgan fingerprint density at radius 2 is 2.00 bits per heavy atom. The molecule has 0 fully saturated rings. The van der Waals surface area contributed by atoms with Crippen molar-refractivity contribution in [2.24, 2.45) is 0 Å². The van der Waals surface area contributed by atoms with E-state index in [-0.39, 0.29) is 5.91 Å². The number of carbonyl (C=O) groups excluding carboxylic acids is 1. The maximum atomic E-state index is 11.2. The SMILES string of the molecule is CCS(=O)CCNCCCC(=O)N(C)C. The minimum atomic E-state index is -0.686. The molecular formula is C10H22N2O2S. The number of hydrogen-bond acceptors (Lipinski definition) is 3. The van der Waals surface area contributed by atoms with Gasteiger partial charge in [0, 0.05) is 49.4 Å². The van der Waals surface area contributed by atoms with E-state index in [0.29, 0.717) is 12.2 Å². The molecule has 0 saturated heterocycles. The third-order valence-electron chi connectivity index (χ3n) is 2.07. The molecule has 0 radical (unpaired) electrons. The van der Waals surface area contributed by atoms with Crippen LogP contribution in [0.5, 0.6) is 0 Å². The molecule has 1 atom stereocenters. The lowest BCUT2D eigenvalue weighted by molar-refractivity contribution is -0.128. The largest absolute Gasteiger partial charge is 0.349 e. The second kappa shape index (κ2) is 8.85. The molecule has 0 saturated carbocycles. The Balaban J connectivity index is 3.25. The maximum Gasteiger partial charge on any atom is 0.222 e. The molecule has 0 aromatic rings. The van der Waals surface area contributed by atoms with Gasteiger partial charge in [-0.15, -0.1) is 0 Å². The van der Waals surface area contributed by atoms with Crippen molar-refractivity contribution in [3.8, 4) is 0 Å². The van der Waals surface area contributed by atoms with E-state index in [1.165, 1.54) is 0 Å². The molecule has 5 heteroatoms. The molecule has 90 valence electrons. The van der Waals surface area contributed by atoms with Gasteiger partial charge < -0.3 is 10.2 Å². The van der Waals surface area contributed by atoms with Crippen LogP contribution in [0, 0.1) is 0 Å². The van der Waals surface area contributed by atoms with Crippen LogP contribution in [0.2, 0.25) is 0 Å². The molecule has 0 rings (SSSR count). The molecule has 1 amide bonds. The molecule has 1 N–H and O–H groups in total. The summed E-state index contributed by atoms with van der Waals surface area (Å²) in [5, 5.41) is 3.18. The number of amides is 1. The first-order chi connectivity index (χ1) is 7.07. The van der Waals surface area contributed by atoms with Crippen molar-refractivity contribution in [2.75, 3.05) is 38.7 Å². The fourth-order valence-electron chi connectivity index (χ4n) is 1.04. The predicted molar refractivity (Wildman–Crippen MR) is 64.3 cm³/mol. The summed E-state index contributed by atoms with van der Waals surface area (Å²) in [6, 6.07) is 0. The van der Waals surface area contributed by atoms with Crippen LogP contribution in [0.25, 0.3) is 0 Å². The molecule has 15 heavy (non-hydrogen) atoms. The van der Waals surface area contributed by atoms with Gasteiger partial charge in [-0.1, -0.05) is 6.92 Å². The Morgan fingerprint density at radius 1 is 1.33 bits per heavy atom. The monoisotopic (exact) mass is 234 g/mol. The standard InChI is InChI=1S/C10H22N2O2S/c1-4-15(14)9-8-11-7-5-6-10(13)12(2)3/h11H,4-9H2,1-3H3. The highest BCUT2D eigenvalue weighted by atomic mass is 32.2. The van der Waals surface area contributed by atoms with Gasteiger partial charge >= 0.3 is 0 Å². The first-order valence-electron chi connectivity index (χ1n) is 5.33. The number of nitrogens with one attached hydrogen (secondary N) is 1. The molecule has 0 aliphatic carbocycles. The third-order valence-corrected chi connectivity index (χ3v) is 3.37. The van der Waals surface area contributed by atoms with Crippen molar-refractivity contribution in [1.29, 1.82) is 0 Å². The molecule has 0 aromatic heterocycles. The van der Waals surface area contributed by atoms with Crippen LogP contribution in [0.15, 0.2) is 0 Å². The summed E-state index contributed by atoms with van der Waals surface area (Å²) >= 11 is 0. The van der Waals surface area contributed by atoms with Crippen LogP contribution in [-0.2, 0) is 15.6 Å². The summed E-state index contributed by atoms with van der Waals surface area (Å²) in [5.74, 6) is 1.59. The van der Waals surface area contributed by atoms with Crippen molar-refractivity contribution < 1.29 is 9.00 Å². The Kier molecular flexibility index (Phi) is 8.61. The zero-order valence-electron chi connectivity index (χ0n) is 9.91. The molecule has 0 aromatic carbocycles. The van der Waals surface area contributed by atoms with E-state index in [4.69, 9.17) is 0 Å². The Bertz CT molecular complexity index is 208. The molecule has 0 aliphatic heterocycles. The minimum absolute atomic E-state index is 0.161. The van der Waals surface area contributed by atoms with Crippen molar-refractivity contribution >= 4 is 16.7 Å². The third kappa shape index (κ3) is 8.57. The van der Waals surface area contributed by atoms with E-state index < -0.39 is 10.8 Å². The van der Waals surface area contributed by atoms with Gasteiger partial charge in [0.1, 0.15) is 0 Å². The Hall–Kier alpha value is -0.420. The molecule has 0 heterocycles. The molecule has 0 spiro atoms. The van der Waals surface area contributed by atoms with E-state index in [1.54, 1.807) is 19.0 Å². The van der Waals surface area contributed by atoms with E-state index in [2.05, 4.69) is 5.32 Å². The fourth-order valence-corrected chi connectivity index (χ4v) is 1.70. The van der Waals surface area contributed by atoms with Gasteiger partial charge in [-0.3, -0.25) is 9.00 Å². The zero-order valence-corrected chi connectivity index (χ0v) is 10.7. The number of hydrogen-bond donors (Lipinski definition) is 1. The van der Waals surface area contributed by atoms with Crippen molar-refractivity contribution in [1.82, 2.24) is 10.2 Å². The average molecular weight is 234 g/mol. The fraction of sp³-hybridized carbons (Fsp3) is 0.900. The van der Waals surface area contributed by atoms with Crippen LogP contribution in [-0.4, -0.2) is 53.7 Å². The summed E-state index contributed by atoms with van der Waals surface area (Å²) in [5.41, 5.74) is 0. The number of carbonyl (C=O) groups is 1. The Labute approximate surface area is 94.9 Å². The average Bonchev–Trinajstić information content (AvgIpc) is 2.22. The summed E-state index contributed by atoms with van der Waals surface area (Å²) < 4.78 is 11.1. The second-order valence-corrected chi connectivity index (χ2v) is 5.44. The van der Waals surface area contributed by atoms with Gasteiger partial charge in [-0.05, 0) is 13.0 Å². The van der Waals surface area contributed by atoms with Gasteiger partial charge in [0.2, 0.25) is 5.91 Å². The minimum Gasteiger partial charge on any atom is -0.349 e. The second-order valence-electron chi connectivity index (χ2n) is 3.57. The van der Waals surface area contributed by atoms with Crippen LogP contribution in [0.1, 0.15) is 19.8 Å². The molecule has 0 aliphatic rings. The highest BCUT2D eigenvalue weighted by molar-refractivity contribution is 7.84. The van der Waals surface area contributed by atoms with Gasteiger partial charge in [0.15, 0.2) is 0 Å². The normalized spacial score (nSPS) is 12.5. The molecule has 0 bridgehead atoms. The summed E-state index contributed by atoms with van der Waals surface area (Å²) in [7, 11) is 2.84. The summed E-state index contributed by atoms with van der Waals surface area (Å²) in [4.78, 5) is 12.8. The van der Waals surface area contributed by atoms with Crippen LogP contribution in [0.4, 0.5) is 0 Å². The van der Waals surface area contributed by atoms with Crippen molar-refractivity contribution in [3.63, 3.8) is 0 Å². The molecule has 4 nitrogen and oxygen atoms in total. The zero-order chi connectivity index (χ0) is 11.7. The van der Waals surface area contributed by atoms with Crippen molar-refractivity contribution in [3.05, 3.63) is 0 Å².